The number of nitrogens with two attached hydrogens (primary N) is 1. The van der Waals surface area contributed by atoms with Crippen LogP contribution in [0.25, 0.3) is 0 Å². The molecule has 0 bridgehead atoms. The molecule has 1 atom stereocenters. The third-order valence-electron chi connectivity index (χ3n) is 2.24. The molecule has 0 aromatic heterocycles. The van der Waals surface area contributed by atoms with Gasteiger partial charge in [-0.2, -0.15) is 0 Å². The van der Waals surface area contributed by atoms with Crippen molar-refractivity contribution in [3.8, 4) is 0 Å². The first-order chi connectivity index (χ1) is 6.16. The summed E-state index contributed by atoms with van der Waals surface area (Å²) >= 11 is 0. The van der Waals surface area contributed by atoms with Crippen LogP contribution in [0.2, 0.25) is 0 Å². The third-order valence-corrected chi connectivity index (χ3v) is 2.24. The summed E-state index contributed by atoms with van der Waals surface area (Å²) in [6, 6.07) is 5.62. The number of hydrogen-bond acceptors (Lipinski definition) is 3. The van der Waals surface area contributed by atoms with Crippen LogP contribution in [0.3, 0.4) is 0 Å². The van der Waals surface area contributed by atoms with E-state index in [1.165, 1.54) is 0 Å². The van der Waals surface area contributed by atoms with Crippen LogP contribution in [0.5, 0.6) is 0 Å². The normalized spacial score (nSPS) is 20.1. The lowest BCUT2D eigenvalue weighted by molar-refractivity contribution is 0.412. The molecule has 0 fully saturated rings. The van der Waals surface area contributed by atoms with Crippen molar-refractivity contribution < 1.29 is 5.11 Å². The second kappa shape index (κ2) is 2.69. The van der Waals surface area contributed by atoms with Crippen molar-refractivity contribution in [1.82, 2.24) is 0 Å². The second-order valence-corrected chi connectivity index (χ2v) is 3.31. The van der Waals surface area contributed by atoms with Crippen molar-refractivity contribution in [2.24, 2.45) is 0 Å². The average molecular weight is 176 g/mol. The molecule has 3 nitrogen and oxygen atoms in total. The van der Waals surface area contributed by atoms with Gasteiger partial charge in [-0.15, -0.1) is 0 Å². The van der Waals surface area contributed by atoms with Gasteiger partial charge >= 0.3 is 0 Å². The standard InChI is InChI=1S/C10H12N2O/c1-6-4-10(13)12-9-3-2-7(11)5-8(6)9/h2-6,12-13H,11H2,1H3. The van der Waals surface area contributed by atoms with Gasteiger partial charge in [0, 0.05) is 17.3 Å². The van der Waals surface area contributed by atoms with E-state index in [4.69, 9.17) is 5.73 Å². The fourth-order valence-corrected chi connectivity index (χ4v) is 1.58. The van der Waals surface area contributed by atoms with E-state index in [-0.39, 0.29) is 11.8 Å². The molecule has 13 heavy (non-hydrogen) atoms. The van der Waals surface area contributed by atoms with E-state index in [9.17, 15) is 5.11 Å². The van der Waals surface area contributed by atoms with Crippen molar-refractivity contribution in [3.05, 3.63) is 35.7 Å². The summed E-state index contributed by atoms with van der Waals surface area (Å²) in [5.41, 5.74) is 8.47. The van der Waals surface area contributed by atoms with Crippen LogP contribution < -0.4 is 11.1 Å². The molecule has 1 heterocycles. The molecular formula is C10H12N2O. The van der Waals surface area contributed by atoms with Crippen molar-refractivity contribution in [3.63, 3.8) is 0 Å². The van der Waals surface area contributed by atoms with E-state index >= 15 is 0 Å². The number of aliphatic hydroxyl groups is 1. The summed E-state index contributed by atoms with van der Waals surface area (Å²) in [5, 5.41) is 12.2. The molecule has 0 aliphatic carbocycles. The van der Waals surface area contributed by atoms with Gasteiger partial charge in [0.2, 0.25) is 0 Å². The average Bonchev–Trinajstić information content (AvgIpc) is 2.06. The lowest BCUT2D eigenvalue weighted by Crippen LogP contribution is -2.10. The summed E-state index contributed by atoms with van der Waals surface area (Å²) in [5.74, 6) is 0.421. The van der Waals surface area contributed by atoms with E-state index in [1.54, 1.807) is 6.08 Å². The number of benzene rings is 1. The fraction of sp³-hybridized carbons (Fsp3) is 0.200. The first-order valence-corrected chi connectivity index (χ1v) is 4.24. The third kappa shape index (κ3) is 1.33. The number of nitrogens with one attached hydrogen (secondary N) is 1. The minimum absolute atomic E-state index is 0.208. The molecule has 1 aromatic carbocycles. The van der Waals surface area contributed by atoms with E-state index < -0.39 is 0 Å². The Morgan fingerprint density at radius 1 is 1.46 bits per heavy atom. The maximum absolute atomic E-state index is 9.31. The van der Waals surface area contributed by atoms with Gasteiger partial charge in [-0.05, 0) is 29.8 Å². The highest BCUT2D eigenvalue weighted by molar-refractivity contribution is 5.63. The van der Waals surface area contributed by atoms with Crippen LogP contribution in [0, 0.1) is 0 Å². The van der Waals surface area contributed by atoms with Gasteiger partial charge < -0.3 is 16.2 Å². The Hall–Kier alpha value is -1.64. The zero-order valence-corrected chi connectivity index (χ0v) is 7.41. The Morgan fingerprint density at radius 2 is 2.23 bits per heavy atom. The molecule has 1 aromatic rings. The van der Waals surface area contributed by atoms with Crippen LogP contribution in [-0.2, 0) is 0 Å². The lowest BCUT2D eigenvalue weighted by Gasteiger charge is -2.20. The molecule has 1 unspecified atom stereocenters. The molecule has 2 rings (SSSR count). The van der Waals surface area contributed by atoms with E-state index in [1.807, 2.05) is 25.1 Å². The molecule has 3 heteroatoms. The minimum atomic E-state index is 0.208. The van der Waals surface area contributed by atoms with Gasteiger partial charge in [0.25, 0.3) is 0 Å². The number of allylic oxidation sites excluding steroid dienone is 1. The van der Waals surface area contributed by atoms with Crippen molar-refractivity contribution in [1.29, 1.82) is 0 Å². The number of fused-ring (bicyclic) bond motifs is 1. The molecular weight excluding hydrogens is 164 g/mol. The smallest absolute Gasteiger partial charge is 0.185 e. The van der Waals surface area contributed by atoms with Gasteiger partial charge in [0.15, 0.2) is 5.88 Å². The number of hydrogen-bond donors (Lipinski definition) is 3. The summed E-state index contributed by atoms with van der Waals surface area (Å²) in [6.45, 7) is 2.02. The van der Waals surface area contributed by atoms with Crippen LogP contribution in [0.4, 0.5) is 11.4 Å². The number of nitrogen functional groups attached to an aromatic ring is 1. The molecule has 1 aliphatic heterocycles. The second-order valence-electron chi connectivity index (χ2n) is 3.31. The van der Waals surface area contributed by atoms with Gasteiger partial charge in [-0.1, -0.05) is 6.92 Å². The van der Waals surface area contributed by atoms with Gasteiger partial charge in [-0.3, -0.25) is 0 Å². The van der Waals surface area contributed by atoms with Crippen LogP contribution in [0.1, 0.15) is 18.4 Å². The summed E-state index contributed by atoms with van der Waals surface area (Å²) < 4.78 is 0. The number of anilines is 2. The van der Waals surface area contributed by atoms with E-state index in [0.717, 1.165) is 16.9 Å². The summed E-state index contributed by atoms with van der Waals surface area (Å²) in [6.07, 6.45) is 1.77. The van der Waals surface area contributed by atoms with E-state index in [2.05, 4.69) is 5.32 Å². The van der Waals surface area contributed by atoms with Gasteiger partial charge in [0.05, 0.1) is 0 Å². The summed E-state index contributed by atoms with van der Waals surface area (Å²) in [4.78, 5) is 0. The SMILES string of the molecule is CC1C=C(O)Nc2ccc(N)cc21. The van der Waals surface area contributed by atoms with E-state index in [0.29, 0.717) is 0 Å². The number of rotatable bonds is 0. The Bertz CT molecular complexity index is 371. The van der Waals surface area contributed by atoms with Gasteiger partial charge in [-0.25, -0.2) is 0 Å². The maximum atomic E-state index is 9.31. The Labute approximate surface area is 76.9 Å². The molecule has 4 N–H and O–H groups in total. The fourth-order valence-electron chi connectivity index (χ4n) is 1.58. The zero-order valence-electron chi connectivity index (χ0n) is 7.41. The van der Waals surface area contributed by atoms with Crippen molar-refractivity contribution >= 4 is 11.4 Å². The Balaban J connectivity index is 2.50. The van der Waals surface area contributed by atoms with Gasteiger partial charge in [0.1, 0.15) is 0 Å². The highest BCUT2D eigenvalue weighted by Gasteiger charge is 2.15. The summed E-state index contributed by atoms with van der Waals surface area (Å²) in [7, 11) is 0. The molecule has 1 aliphatic rings. The molecule has 0 spiro atoms. The predicted octanol–water partition coefficient (Wildman–Crippen LogP) is 2.20. The first kappa shape index (κ1) is 7.98. The topological polar surface area (TPSA) is 58.3 Å². The number of aliphatic hydroxyl groups excluding tert-OH is 1. The van der Waals surface area contributed by atoms with Crippen LogP contribution in [-0.4, -0.2) is 5.11 Å². The van der Waals surface area contributed by atoms with Crippen LogP contribution in [0.15, 0.2) is 30.2 Å². The molecule has 0 amide bonds. The lowest BCUT2D eigenvalue weighted by atomic mass is 9.96. The largest absolute Gasteiger partial charge is 0.495 e. The van der Waals surface area contributed by atoms with Crippen molar-refractivity contribution in [2.75, 3.05) is 11.1 Å². The molecule has 0 radical (unpaired) electrons. The highest BCUT2D eigenvalue weighted by Crippen LogP contribution is 2.32. The minimum Gasteiger partial charge on any atom is -0.495 e. The quantitative estimate of drug-likeness (QED) is 0.531. The Morgan fingerprint density at radius 3 is 3.00 bits per heavy atom. The van der Waals surface area contributed by atoms with Crippen molar-refractivity contribution in [2.45, 2.75) is 12.8 Å². The zero-order chi connectivity index (χ0) is 9.42. The van der Waals surface area contributed by atoms with Crippen LogP contribution >= 0.6 is 0 Å². The Kier molecular flexibility index (Phi) is 1.65. The monoisotopic (exact) mass is 176 g/mol. The molecule has 0 saturated heterocycles. The maximum Gasteiger partial charge on any atom is 0.185 e. The predicted molar refractivity (Wildman–Crippen MR) is 53.6 cm³/mol. The molecule has 0 saturated carbocycles. The molecule has 68 valence electrons. The highest BCUT2D eigenvalue weighted by atomic mass is 16.3. The first-order valence-electron chi connectivity index (χ1n) is 4.24.